The van der Waals surface area contributed by atoms with E-state index in [0.717, 1.165) is 43.7 Å². The number of nitrogens with zero attached hydrogens (tertiary/aromatic N) is 1. The molecule has 0 saturated carbocycles. The zero-order chi connectivity index (χ0) is 20.6. The fourth-order valence-electron chi connectivity index (χ4n) is 3.82. The van der Waals surface area contributed by atoms with Gasteiger partial charge in [-0.1, -0.05) is 42.5 Å². The summed E-state index contributed by atoms with van der Waals surface area (Å²) in [6.45, 7) is 4.10. The van der Waals surface area contributed by atoms with Crippen molar-refractivity contribution in [2.45, 2.75) is 32.2 Å². The molecule has 1 aliphatic heterocycles. The van der Waals surface area contributed by atoms with Gasteiger partial charge in [-0.15, -0.1) is 0 Å². The molecule has 154 valence electrons. The van der Waals surface area contributed by atoms with Crippen LogP contribution in [0.1, 0.15) is 35.7 Å². The number of amides is 1. The molecule has 1 saturated heterocycles. The Morgan fingerprint density at radius 3 is 2.34 bits per heavy atom. The fraction of sp³-hybridized carbons (Fsp3) is 0.417. The molecule has 1 heterocycles. The van der Waals surface area contributed by atoms with Crippen LogP contribution in [0.2, 0.25) is 0 Å². The van der Waals surface area contributed by atoms with E-state index in [1.165, 1.54) is 5.56 Å². The number of rotatable bonds is 8. The third-order valence-electron chi connectivity index (χ3n) is 5.76. The van der Waals surface area contributed by atoms with Crippen molar-refractivity contribution in [2.24, 2.45) is 5.92 Å². The third kappa shape index (κ3) is 5.67. The van der Waals surface area contributed by atoms with Gasteiger partial charge in [0.2, 0.25) is 5.91 Å². The van der Waals surface area contributed by atoms with Crippen LogP contribution >= 0.6 is 0 Å². The van der Waals surface area contributed by atoms with Gasteiger partial charge in [-0.3, -0.25) is 14.5 Å². The van der Waals surface area contributed by atoms with Gasteiger partial charge in [-0.2, -0.15) is 0 Å². The third-order valence-corrected chi connectivity index (χ3v) is 5.76. The zero-order valence-electron chi connectivity index (χ0n) is 17.3. The second kappa shape index (κ2) is 10.2. The van der Waals surface area contributed by atoms with E-state index in [9.17, 15) is 9.59 Å². The van der Waals surface area contributed by atoms with Crippen LogP contribution < -0.4 is 10.1 Å². The second-order valence-corrected chi connectivity index (χ2v) is 7.61. The molecule has 5 heteroatoms. The molecule has 0 aliphatic carbocycles. The Balaban J connectivity index is 1.41. The normalized spacial score (nSPS) is 16.2. The molecule has 1 atom stereocenters. The molecule has 2 aromatic rings. The molecule has 2 aromatic carbocycles. The van der Waals surface area contributed by atoms with Gasteiger partial charge in [-0.25, -0.2) is 0 Å². The Morgan fingerprint density at radius 1 is 1.07 bits per heavy atom. The quantitative estimate of drug-likeness (QED) is 0.698. The molecule has 1 amide bonds. The van der Waals surface area contributed by atoms with Crippen LogP contribution in [0.5, 0.6) is 5.75 Å². The maximum Gasteiger partial charge on any atom is 0.237 e. The summed E-state index contributed by atoms with van der Waals surface area (Å²) in [5.41, 5.74) is 1.95. The second-order valence-electron chi connectivity index (χ2n) is 7.61. The van der Waals surface area contributed by atoms with Crippen molar-refractivity contribution in [1.29, 1.82) is 0 Å². The minimum absolute atomic E-state index is 0.0475. The summed E-state index contributed by atoms with van der Waals surface area (Å²) in [7, 11) is 1.65. The Morgan fingerprint density at radius 2 is 1.72 bits per heavy atom. The maximum atomic E-state index is 12.6. The topological polar surface area (TPSA) is 58.6 Å². The monoisotopic (exact) mass is 394 g/mol. The van der Waals surface area contributed by atoms with E-state index in [1.807, 2.05) is 61.5 Å². The van der Waals surface area contributed by atoms with Gasteiger partial charge in [0.25, 0.3) is 0 Å². The molecular formula is C24H30N2O3. The first-order chi connectivity index (χ1) is 14.1. The van der Waals surface area contributed by atoms with Crippen LogP contribution in [-0.4, -0.2) is 49.4 Å². The summed E-state index contributed by atoms with van der Waals surface area (Å²) >= 11 is 0. The van der Waals surface area contributed by atoms with Gasteiger partial charge in [-0.05, 0) is 57.0 Å². The number of ether oxygens (including phenoxy) is 1. The number of benzene rings is 2. The van der Waals surface area contributed by atoms with Crippen LogP contribution in [0.15, 0.2) is 54.6 Å². The lowest BCUT2D eigenvalue weighted by Gasteiger charge is -2.34. The SMILES string of the molecule is COc1ccc(CCNC(=O)C(C)N2CCC(C(=O)c3ccccc3)CC2)cc1. The number of hydrogen-bond donors (Lipinski definition) is 1. The highest BCUT2D eigenvalue weighted by atomic mass is 16.5. The summed E-state index contributed by atoms with van der Waals surface area (Å²) in [6, 6.07) is 17.2. The molecule has 29 heavy (non-hydrogen) atoms. The molecule has 5 nitrogen and oxygen atoms in total. The molecule has 1 N–H and O–H groups in total. The van der Waals surface area contributed by atoms with Gasteiger partial charge in [0, 0.05) is 18.0 Å². The number of nitrogens with one attached hydrogen (secondary N) is 1. The highest BCUT2D eigenvalue weighted by molar-refractivity contribution is 5.97. The van der Waals surface area contributed by atoms with Gasteiger partial charge < -0.3 is 10.1 Å². The molecular weight excluding hydrogens is 364 g/mol. The molecule has 0 spiro atoms. The summed E-state index contributed by atoms with van der Waals surface area (Å²) in [5.74, 6) is 1.16. The van der Waals surface area contributed by atoms with E-state index in [2.05, 4.69) is 10.2 Å². The Bertz CT molecular complexity index is 797. The van der Waals surface area contributed by atoms with Gasteiger partial charge >= 0.3 is 0 Å². The Hall–Kier alpha value is -2.66. The van der Waals surface area contributed by atoms with Crippen molar-refractivity contribution < 1.29 is 14.3 Å². The summed E-state index contributed by atoms with van der Waals surface area (Å²) < 4.78 is 5.16. The number of likely N-dealkylation sites (tertiary alicyclic amines) is 1. The predicted molar refractivity (Wildman–Crippen MR) is 114 cm³/mol. The van der Waals surface area contributed by atoms with Crippen molar-refractivity contribution in [2.75, 3.05) is 26.7 Å². The zero-order valence-corrected chi connectivity index (χ0v) is 17.3. The minimum Gasteiger partial charge on any atom is -0.497 e. The van der Waals surface area contributed by atoms with Crippen LogP contribution in [0.25, 0.3) is 0 Å². The number of hydrogen-bond acceptors (Lipinski definition) is 4. The average molecular weight is 395 g/mol. The lowest BCUT2D eigenvalue weighted by atomic mass is 9.88. The summed E-state index contributed by atoms with van der Waals surface area (Å²) in [5, 5.41) is 3.04. The van der Waals surface area contributed by atoms with Crippen molar-refractivity contribution >= 4 is 11.7 Å². The summed E-state index contributed by atoms with van der Waals surface area (Å²) in [4.78, 5) is 27.3. The van der Waals surface area contributed by atoms with Crippen LogP contribution in [0.3, 0.4) is 0 Å². The largest absolute Gasteiger partial charge is 0.497 e. The van der Waals surface area contributed by atoms with E-state index in [-0.39, 0.29) is 23.7 Å². The minimum atomic E-state index is -0.182. The summed E-state index contributed by atoms with van der Waals surface area (Å²) in [6.07, 6.45) is 2.39. The Labute approximate surface area is 173 Å². The lowest BCUT2D eigenvalue weighted by molar-refractivity contribution is -0.126. The smallest absolute Gasteiger partial charge is 0.237 e. The molecule has 1 unspecified atom stereocenters. The molecule has 0 bridgehead atoms. The fourth-order valence-corrected chi connectivity index (χ4v) is 3.82. The highest BCUT2D eigenvalue weighted by Crippen LogP contribution is 2.23. The predicted octanol–water partition coefficient (Wildman–Crippen LogP) is 3.34. The number of carbonyl (C=O) groups is 2. The van der Waals surface area contributed by atoms with Crippen molar-refractivity contribution in [1.82, 2.24) is 10.2 Å². The van der Waals surface area contributed by atoms with Gasteiger partial charge in [0.1, 0.15) is 5.75 Å². The van der Waals surface area contributed by atoms with E-state index in [4.69, 9.17) is 4.74 Å². The Kier molecular flexibility index (Phi) is 7.42. The highest BCUT2D eigenvalue weighted by Gasteiger charge is 2.29. The number of ketones is 1. The van der Waals surface area contributed by atoms with E-state index in [0.29, 0.717) is 6.54 Å². The van der Waals surface area contributed by atoms with Gasteiger partial charge in [0.05, 0.1) is 13.2 Å². The molecule has 1 aliphatic rings. The van der Waals surface area contributed by atoms with E-state index >= 15 is 0 Å². The molecule has 0 radical (unpaired) electrons. The lowest BCUT2D eigenvalue weighted by Crippen LogP contribution is -2.49. The maximum absolute atomic E-state index is 12.6. The number of carbonyl (C=O) groups excluding carboxylic acids is 2. The average Bonchev–Trinajstić information content (AvgIpc) is 2.79. The molecule has 1 fully saturated rings. The molecule has 3 rings (SSSR count). The van der Waals surface area contributed by atoms with Crippen molar-refractivity contribution in [3.05, 3.63) is 65.7 Å². The van der Waals surface area contributed by atoms with Crippen LogP contribution in [-0.2, 0) is 11.2 Å². The van der Waals surface area contributed by atoms with Crippen LogP contribution in [0, 0.1) is 5.92 Å². The standard InChI is InChI=1S/C24H30N2O3/c1-18(24(28)25-15-12-19-8-10-22(29-2)11-9-19)26-16-13-21(14-17-26)23(27)20-6-4-3-5-7-20/h3-11,18,21H,12-17H2,1-2H3,(H,25,28). The van der Waals surface area contributed by atoms with E-state index in [1.54, 1.807) is 7.11 Å². The first-order valence-corrected chi connectivity index (χ1v) is 10.3. The number of Topliss-reactive ketones (excluding diaryl/α,β-unsaturated/α-hetero) is 1. The van der Waals surface area contributed by atoms with E-state index < -0.39 is 0 Å². The number of piperidine rings is 1. The first-order valence-electron chi connectivity index (χ1n) is 10.3. The van der Waals surface area contributed by atoms with Crippen molar-refractivity contribution in [3.63, 3.8) is 0 Å². The van der Waals surface area contributed by atoms with Gasteiger partial charge in [0.15, 0.2) is 5.78 Å². The number of methoxy groups -OCH3 is 1. The van der Waals surface area contributed by atoms with Crippen LogP contribution in [0.4, 0.5) is 0 Å². The van der Waals surface area contributed by atoms with Crippen molar-refractivity contribution in [3.8, 4) is 5.75 Å². The first kappa shape index (κ1) is 21.1. The molecule has 0 aromatic heterocycles.